The van der Waals surface area contributed by atoms with Gasteiger partial charge in [0.1, 0.15) is 12.3 Å². The van der Waals surface area contributed by atoms with Crippen molar-refractivity contribution in [2.75, 3.05) is 31.1 Å². The van der Waals surface area contributed by atoms with E-state index in [4.69, 9.17) is 4.74 Å². The van der Waals surface area contributed by atoms with Crippen LogP contribution in [0.1, 0.15) is 28.8 Å². The van der Waals surface area contributed by atoms with Crippen molar-refractivity contribution in [1.29, 1.82) is 0 Å². The third kappa shape index (κ3) is 4.21. The molecular formula is C21H22N4O4. The van der Waals surface area contributed by atoms with Crippen LogP contribution in [0.3, 0.4) is 0 Å². The molecule has 1 aromatic carbocycles. The SMILES string of the molecule is O=C(NCc1cccnc1)c1ccc2c(c1)N(CC(=O)N1CCCC1)C(=O)CO2. The summed E-state index contributed by atoms with van der Waals surface area (Å²) in [6.45, 7) is 1.63. The highest BCUT2D eigenvalue weighted by atomic mass is 16.5. The summed E-state index contributed by atoms with van der Waals surface area (Å²) >= 11 is 0. The number of hydrogen-bond acceptors (Lipinski definition) is 5. The molecule has 0 radical (unpaired) electrons. The first-order valence-corrected chi connectivity index (χ1v) is 9.64. The van der Waals surface area contributed by atoms with Crippen LogP contribution in [-0.4, -0.2) is 53.8 Å². The summed E-state index contributed by atoms with van der Waals surface area (Å²) in [6.07, 6.45) is 5.33. The van der Waals surface area contributed by atoms with Gasteiger partial charge in [0.15, 0.2) is 6.61 Å². The lowest BCUT2D eigenvalue weighted by molar-refractivity contribution is -0.131. The Bertz CT molecular complexity index is 926. The second-order valence-electron chi connectivity index (χ2n) is 7.08. The van der Waals surface area contributed by atoms with E-state index in [2.05, 4.69) is 10.3 Å². The average Bonchev–Trinajstić information content (AvgIpc) is 3.29. The fraction of sp³-hybridized carbons (Fsp3) is 0.333. The quantitative estimate of drug-likeness (QED) is 0.827. The predicted octanol–water partition coefficient (Wildman–Crippen LogP) is 1.36. The maximum atomic E-state index is 12.6. The van der Waals surface area contributed by atoms with E-state index in [-0.39, 0.29) is 30.9 Å². The fourth-order valence-electron chi connectivity index (χ4n) is 3.51. The molecular weight excluding hydrogens is 372 g/mol. The van der Waals surface area contributed by atoms with Gasteiger partial charge in [0.05, 0.1) is 5.69 Å². The van der Waals surface area contributed by atoms with Gasteiger partial charge in [-0.2, -0.15) is 0 Å². The third-order valence-corrected chi connectivity index (χ3v) is 5.09. The van der Waals surface area contributed by atoms with Gasteiger partial charge in [-0.1, -0.05) is 6.07 Å². The van der Waals surface area contributed by atoms with E-state index < -0.39 is 0 Å². The van der Waals surface area contributed by atoms with E-state index in [0.717, 1.165) is 31.5 Å². The monoisotopic (exact) mass is 394 g/mol. The van der Waals surface area contributed by atoms with Crippen LogP contribution in [0, 0.1) is 0 Å². The molecule has 150 valence electrons. The lowest BCUT2D eigenvalue weighted by Gasteiger charge is -2.30. The van der Waals surface area contributed by atoms with E-state index in [1.54, 1.807) is 41.6 Å². The number of hydrogen-bond donors (Lipinski definition) is 1. The smallest absolute Gasteiger partial charge is 0.265 e. The lowest BCUT2D eigenvalue weighted by Crippen LogP contribution is -2.46. The first-order chi connectivity index (χ1) is 14.1. The highest BCUT2D eigenvalue weighted by Crippen LogP contribution is 2.33. The number of carbonyl (C=O) groups excluding carboxylic acids is 3. The van der Waals surface area contributed by atoms with Gasteiger partial charge < -0.3 is 15.0 Å². The molecule has 0 spiro atoms. The van der Waals surface area contributed by atoms with Crippen LogP contribution in [0.15, 0.2) is 42.7 Å². The molecule has 1 saturated heterocycles. The number of likely N-dealkylation sites (tertiary alicyclic amines) is 1. The molecule has 0 atom stereocenters. The summed E-state index contributed by atoms with van der Waals surface area (Å²) in [5, 5.41) is 2.84. The normalized spacial score (nSPS) is 15.7. The van der Waals surface area contributed by atoms with Crippen LogP contribution in [0.2, 0.25) is 0 Å². The van der Waals surface area contributed by atoms with Gasteiger partial charge in [0.25, 0.3) is 11.8 Å². The van der Waals surface area contributed by atoms with Crippen molar-refractivity contribution in [3.05, 3.63) is 53.9 Å². The molecule has 2 aliphatic rings. The molecule has 0 saturated carbocycles. The molecule has 2 aromatic rings. The van der Waals surface area contributed by atoms with Crippen molar-refractivity contribution in [3.8, 4) is 5.75 Å². The summed E-state index contributed by atoms with van der Waals surface area (Å²) in [5.74, 6) is -0.170. The predicted molar refractivity (Wildman–Crippen MR) is 106 cm³/mol. The lowest BCUT2D eigenvalue weighted by atomic mass is 10.1. The maximum Gasteiger partial charge on any atom is 0.265 e. The molecule has 3 heterocycles. The topological polar surface area (TPSA) is 91.8 Å². The summed E-state index contributed by atoms with van der Waals surface area (Å²) in [5.41, 5.74) is 1.72. The highest BCUT2D eigenvalue weighted by Gasteiger charge is 2.30. The van der Waals surface area contributed by atoms with E-state index in [0.29, 0.717) is 23.5 Å². The molecule has 29 heavy (non-hydrogen) atoms. The minimum Gasteiger partial charge on any atom is -0.482 e. The molecule has 1 N–H and O–H groups in total. The van der Waals surface area contributed by atoms with Crippen molar-refractivity contribution in [1.82, 2.24) is 15.2 Å². The molecule has 1 aromatic heterocycles. The minimum absolute atomic E-state index is 0.0457. The number of nitrogens with zero attached hydrogens (tertiary/aromatic N) is 3. The Morgan fingerprint density at radius 3 is 2.76 bits per heavy atom. The molecule has 8 heteroatoms. The van der Waals surface area contributed by atoms with E-state index >= 15 is 0 Å². The van der Waals surface area contributed by atoms with Crippen LogP contribution in [-0.2, 0) is 16.1 Å². The number of pyridine rings is 1. The Morgan fingerprint density at radius 2 is 2.00 bits per heavy atom. The highest BCUT2D eigenvalue weighted by molar-refractivity contribution is 6.04. The van der Waals surface area contributed by atoms with Crippen molar-refractivity contribution in [2.24, 2.45) is 0 Å². The number of nitrogens with one attached hydrogen (secondary N) is 1. The third-order valence-electron chi connectivity index (χ3n) is 5.09. The van der Waals surface area contributed by atoms with Crippen molar-refractivity contribution in [2.45, 2.75) is 19.4 Å². The second kappa shape index (κ2) is 8.30. The van der Waals surface area contributed by atoms with Crippen molar-refractivity contribution in [3.63, 3.8) is 0 Å². The first kappa shape index (κ1) is 18.9. The van der Waals surface area contributed by atoms with Crippen LogP contribution in [0.4, 0.5) is 5.69 Å². The zero-order valence-corrected chi connectivity index (χ0v) is 16.0. The molecule has 0 bridgehead atoms. The maximum absolute atomic E-state index is 12.6. The Hall–Kier alpha value is -3.42. The Kier molecular flexibility index (Phi) is 5.41. The fourth-order valence-corrected chi connectivity index (χ4v) is 3.51. The summed E-state index contributed by atoms with van der Waals surface area (Å²) < 4.78 is 5.48. The van der Waals surface area contributed by atoms with Crippen LogP contribution in [0.25, 0.3) is 0 Å². The molecule has 1 fully saturated rings. The molecule has 8 nitrogen and oxygen atoms in total. The molecule has 0 unspecified atom stereocenters. The number of anilines is 1. The largest absolute Gasteiger partial charge is 0.482 e. The summed E-state index contributed by atoms with van der Waals surface area (Å²) in [4.78, 5) is 44.8. The Morgan fingerprint density at radius 1 is 1.17 bits per heavy atom. The number of amides is 3. The standard InChI is InChI=1S/C21H22N4O4/c26-19(24-8-1-2-9-24)13-25-17-10-16(5-6-18(17)29-14-20(25)27)21(28)23-12-15-4-3-7-22-11-15/h3-7,10-11H,1-2,8-9,12-14H2,(H,23,28). The van der Waals surface area contributed by atoms with Crippen molar-refractivity contribution < 1.29 is 19.1 Å². The average molecular weight is 394 g/mol. The van der Waals surface area contributed by atoms with E-state index in [1.165, 1.54) is 4.90 Å². The molecule has 0 aliphatic carbocycles. The summed E-state index contributed by atoms with van der Waals surface area (Å²) in [7, 11) is 0. The number of rotatable bonds is 5. The Labute approximate surface area is 168 Å². The van der Waals surface area contributed by atoms with Gasteiger partial charge in [-0.25, -0.2) is 0 Å². The number of benzene rings is 1. The van der Waals surface area contributed by atoms with E-state index in [9.17, 15) is 14.4 Å². The van der Waals surface area contributed by atoms with Gasteiger partial charge in [-0.15, -0.1) is 0 Å². The zero-order valence-electron chi connectivity index (χ0n) is 16.0. The van der Waals surface area contributed by atoms with Gasteiger partial charge in [-0.3, -0.25) is 24.3 Å². The van der Waals surface area contributed by atoms with Gasteiger partial charge >= 0.3 is 0 Å². The van der Waals surface area contributed by atoms with Crippen LogP contribution >= 0.6 is 0 Å². The number of carbonyl (C=O) groups is 3. The number of ether oxygens (including phenoxy) is 1. The number of aromatic nitrogens is 1. The minimum atomic E-state index is -0.294. The number of fused-ring (bicyclic) bond motifs is 1. The Balaban J connectivity index is 1.50. The van der Waals surface area contributed by atoms with E-state index in [1.807, 2.05) is 6.07 Å². The van der Waals surface area contributed by atoms with Crippen molar-refractivity contribution >= 4 is 23.4 Å². The van der Waals surface area contributed by atoms with Gasteiger partial charge in [-0.05, 0) is 42.7 Å². The molecule has 3 amide bonds. The second-order valence-corrected chi connectivity index (χ2v) is 7.08. The van der Waals surface area contributed by atoms with Gasteiger partial charge in [0.2, 0.25) is 5.91 Å². The zero-order chi connectivity index (χ0) is 20.2. The first-order valence-electron chi connectivity index (χ1n) is 9.64. The molecule has 4 rings (SSSR count). The van der Waals surface area contributed by atoms with Gasteiger partial charge in [0, 0.05) is 37.6 Å². The summed E-state index contributed by atoms with van der Waals surface area (Å²) in [6, 6.07) is 8.58. The van der Waals surface area contributed by atoms with Crippen LogP contribution in [0.5, 0.6) is 5.75 Å². The molecule has 2 aliphatic heterocycles. The van der Waals surface area contributed by atoms with Crippen LogP contribution < -0.4 is 15.0 Å².